The van der Waals surface area contributed by atoms with Crippen LogP contribution in [0.5, 0.6) is 0 Å². The van der Waals surface area contributed by atoms with Gasteiger partial charge in [0, 0.05) is 18.2 Å². The van der Waals surface area contributed by atoms with Gasteiger partial charge in [-0.05, 0) is 52.2 Å². The predicted molar refractivity (Wildman–Crippen MR) is 107 cm³/mol. The Morgan fingerprint density at radius 3 is 2.82 bits per heavy atom. The molecule has 0 saturated heterocycles. The molecule has 2 N–H and O–H groups in total. The summed E-state index contributed by atoms with van der Waals surface area (Å²) in [6.45, 7) is 9.38. The molecule has 2 heterocycles. The zero-order valence-corrected chi connectivity index (χ0v) is 16.6. The van der Waals surface area contributed by atoms with E-state index in [0.717, 1.165) is 24.6 Å². The molecule has 2 aromatic rings. The summed E-state index contributed by atoms with van der Waals surface area (Å²) in [5.74, 6) is 0.291. The van der Waals surface area contributed by atoms with E-state index in [4.69, 9.17) is 9.15 Å². The largest absolute Gasteiger partial charge is 0.464 e. The van der Waals surface area contributed by atoms with Crippen LogP contribution in [0.25, 0.3) is 11.0 Å². The van der Waals surface area contributed by atoms with Gasteiger partial charge in [0.1, 0.15) is 17.0 Å². The summed E-state index contributed by atoms with van der Waals surface area (Å²) < 4.78 is 10.7. The molecule has 2 atom stereocenters. The van der Waals surface area contributed by atoms with Gasteiger partial charge >= 0.3 is 6.09 Å². The monoisotopic (exact) mass is 385 g/mol. The molecule has 1 amide bonds. The van der Waals surface area contributed by atoms with Gasteiger partial charge in [-0.1, -0.05) is 13.0 Å². The summed E-state index contributed by atoms with van der Waals surface area (Å²) in [4.78, 5) is 29.2. The highest BCUT2D eigenvalue weighted by molar-refractivity contribution is 6.01. The van der Waals surface area contributed by atoms with Gasteiger partial charge in [-0.2, -0.15) is 0 Å². The topological polar surface area (TPSA) is 93.5 Å². The second kappa shape index (κ2) is 8.04. The molecule has 2 aromatic heterocycles. The Bertz CT molecular complexity index is 881. The minimum Gasteiger partial charge on any atom is -0.464 e. The minimum absolute atomic E-state index is 0.0574. The van der Waals surface area contributed by atoms with Crippen LogP contribution in [0, 0.1) is 5.92 Å². The predicted octanol–water partition coefficient (Wildman–Crippen LogP) is 4.41. The van der Waals surface area contributed by atoms with Gasteiger partial charge in [0.25, 0.3) is 0 Å². The molecule has 0 radical (unpaired) electrons. The first-order valence-electron chi connectivity index (χ1n) is 9.55. The van der Waals surface area contributed by atoms with Gasteiger partial charge in [0.2, 0.25) is 0 Å². The molecule has 1 aliphatic rings. The smallest absolute Gasteiger partial charge is 0.407 e. The molecule has 7 nitrogen and oxygen atoms in total. The SMILES string of the molecule is C=C(Nc1nccc2occc12)C(=O)[C@H]1CCC[C@@H](NC(=O)OC(C)(C)C)C1. The van der Waals surface area contributed by atoms with Gasteiger partial charge in [0.05, 0.1) is 17.3 Å². The van der Waals surface area contributed by atoms with Crippen molar-refractivity contribution in [2.45, 2.75) is 58.1 Å². The molecule has 1 saturated carbocycles. The van der Waals surface area contributed by atoms with Crippen LogP contribution >= 0.6 is 0 Å². The lowest BCUT2D eigenvalue weighted by Gasteiger charge is -2.30. The number of fused-ring (bicyclic) bond motifs is 1. The first-order chi connectivity index (χ1) is 13.2. The van der Waals surface area contributed by atoms with Crippen molar-refractivity contribution in [3.63, 3.8) is 0 Å². The highest BCUT2D eigenvalue weighted by Gasteiger charge is 2.30. The average molecular weight is 385 g/mol. The molecular formula is C21H27N3O4. The fourth-order valence-corrected chi connectivity index (χ4v) is 3.48. The number of ether oxygens (including phenoxy) is 1. The summed E-state index contributed by atoms with van der Waals surface area (Å²) in [6, 6.07) is 3.48. The van der Waals surface area contributed by atoms with Crippen molar-refractivity contribution in [1.82, 2.24) is 10.3 Å². The molecule has 7 heteroatoms. The third-order valence-corrected chi connectivity index (χ3v) is 4.71. The van der Waals surface area contributed by atoms with Gasteiger partial charge in [-0.25, -0.2) is 9.78 Å². The van der Waals surface area contributed by atoms with Crippen molar-refractivity contribution < 1.29 is 18.7 Å². The Labute approximate surface area is 164 Å². The maximum atomic E-state index is 12.9. The van der Waals surface area contributed by atoms with Crippen molar-refractivity contribution in [3.05, 3.63) is 36.9 Å². The Kier molecular flexibility index (Phi) is 5.72. The lowest BCUT2D eigenvalue weighted by molar-refractivity contribution is -0.120. The lowest BCUT2D eigenvalue weighted by atomic mass is 9.82. The number of anilines is 1. The van der Waals surface area contributed by atoms with E-state index in [9.17, 15) is 9.59 Å². The molecule has 150 valence electrons. The van der Waals surface area contributed by atoms with E-state index < -0.39 is 11.7 Å². The third-order valence-electron chi connectivity index (χ3n) is 4.71. The number of rotatable bonds is 5. The Balaban J connectivity index is 1.59. The third kappa shape index (κ3) is 4.91. The van der Waals surface area contributed by atoms with E-state index in [-0.39, 0.29) is 17.7 Å². The van der Waals surface area contributed by atoms with Crippen molar-refractivity contribution in [3.8, 4) is 0 Å². The van der Waals surface area contributed by atoms with E-state index in [1.165, 1.54) is 0 Å². The number of furan rings is 1. The summed E-state index contributed by atoms with van der Waals surface area (Å²) in [7, 11) is 0. The number of amides is 1. The summed E-state index contributed by atoms with van der Waals surface area (Å²) in [6.07, 6.45) is 5.79. The van der Waals surface area contributed by atoms with Crippen molar-refractivity contribution in [2.24, 2.45) is 5.92 Å². The molecule has 1 fully saturated rings. The van der Waals surface area contributed by atoms with Crippen molar-refractivity contribution >= 4 is 28.7 Å². The van der Waals surface area contributed by atoms with Crippen LogP contribution in [-0.2, 0) is 9.53 Å². The number of Topliss-reactive ketones (excluding diaryl/α,β-unsaturated/α-hetero) is 1. The van der Waals surface area contributed by atoms with Crippen LogP contribution in [0.15, 0.2) is 41.3 Å². The van der Waals surface area contributed by atoms with E-state index in [0.29, 0.717) is 23.5 Å². The van der Waals surface area contributed by atoms with Crippen LogP contribution in [0.4, 0.5) is 10.6 Å². The minimum atomic E-state index is -0.548. The molecule has 28 heavy (non-hydrogen) atoms. The van der Waals surface area contributed by atoms with Crippen LogP contribution in [-0.4, -0.2) is 28.5 Å². The molecule has 0 aromatic carbocycles. The van der Waals surface area contributed by atoms with Crippen molar-refractivity contribution in [1.29, 1.82) is 0 Å². The number of nitrogens with zero attached hydrogens (tertiary/aromatic N) is 1. The quantitative estimate of drug-likeness (QED) is 0.741. The summed E-state index contributed by atoms with van der Waals surface area (Å²) >= 11 is 0. The number of carbonyl (C=O) groups is 2. The van der Waals surface area contributed by atoms with E-state index in [2.05, 4.69) is 22.2 Å². The number of carbonyl (C=O) groups excluding carboxylic acids is 2. The number of ketones is 1. The number of hydrogen-bond acceptors (Lipinski definition) is 6. The highest BCUT2D eigenvalue weighted by atomic mass is 16.6. The maximum Gasteiger partial charge on any atom is 0.407 e. The first-order valence-corrected chi connectivity index (χ1v) is 9.55. The van der Waals surface area contributed by atoms with E-state index >= 15 is 0 Å². The standard InChI is InChI=1S/C21H27N3O4/c1-13(23-19-16-9-11-27-17(16)8-10-22-19)18(25)14-6-5-7-15(12-14)24-20(26)28-21(2,3)4/h8-11,14-15H,1,5-7,12H2,2-4H3,(H,22,23)(H,24,26)/t14-,15+/m0/s1. The molecule has 0 spiro atoms. The average Bonchev–Trinajstić information content (AvgIpc) is 3.09. The highest BCUT2D eigenvalue weighted by Crippen LogP contribution is 2.29. The maximum absolute atomic E-state index is 12.9. The molecule has 1 aliphatic carbocycles. The van der Waals surface area contributed by atoms with Gasteiger partial charge in [0.15, 0.2) is 5.78 Å². The van der Waals surface area contributed by atoms with Gasteiger partial charge in [-0.15, -0.1) is 0 Å². The number of aromatic nitrogens is 1. The van der Waals surface area contributed by atoms with E-state index in [1.54, 1.807) is 24.6 Å². The number of allylic oxidation sites excluding steroid dienone is 1. The fraction of sp³-hybridized carbons (Fsp3) is 0.476. The Morgan fingerprint density at radius 1 is 1.29 bits per heavy atom. The fourth-order valence-electron chi connectivity index (χ4n) is 3.48. The van der Waals surface area contributed by atoms with Crippen LogP contribution < -0.4 is 10.6 Å². The van der Waals surface area contributed by atoms with Gasteiger partial charge < -0.3 is 19.8 Å². The molecule has 0 unspecified atom stereocenters. The number of alkyl carbamates (subject to hydrolysis) is 1. The Hall–Kier alpha value is -2.83. The molecule has 0 aliphatic heterocycles. The number of nitrogens with one attached hydrogen (secondary N) is 2. The summed E-state index contributed by atoms with van der Waals surface area (Å²) in [5.41, 5.74) is 0.439. The number of hydrogen-bond donors (Lipinski definition) is 2. The molecule has 3 rings (SSSR count). The van der Waals surface area contributed by atoms with Crippen molar-refractivity contribution in [2.75, 3.05) is 5.32 Å². The van der Waals surface area contributed by atoms with Crippen LogP contribution in [0.3, 0.4) is 0 Å². The van der Waals surface area contributed by atoms with Crippen LogP contribution in [0.2, 0.25) is 0 Å². The lowest BCUT2D eigenvalue weighted by Crippen LogP contribution is -2.42. The summed E-state index contributed by atoms with van der Waals surface area (Å²) in [5, 5.41) is 6.70. The molecule has 0 bridgehead atoms. The van der Waals surface area contributed by atoms with Crippen LogP contribution in [0.1, 0.15) is 46.5 Å². The second-order valence-electron chi connectivity index (χ2n) is 8.17. The normalized spacial score (nSPS) is 19.8. The first kappa shape index (κ1) is 19.9. The number of pyridine rings is 1. The zero-order chi connectivity index (χ0) is 20.3. The Morgan fingerprint density at radius 2 is 2.07 bits per heavy atom. The second-order valence-corrected chi connectivity index (χ2v) is 8.17. The van der Waals surface area contributed by atoms with Gasteiger partial charge in [-0.3, -0.25) is 4.79 Å². The van der Waals surface area contributed by atoms with E-state index in [1.807, 2.05) is 20.8 Å². The zero-order valence-electron chi connectivity index (χ0n) is 16.6. The molecular weight excluding hydrogens is 358 g/mol.